The highest BCUT2D eigenvalue weighted by Gasteiger charge is 2.35. The number of hydrogen-bond donors (Lipinski definition) is 1. The molecule has 0 atom stereocenters. The van der Waals surface area contributed by atoms with E-state index in [2.05, 4.69) is 25.6 Å². The Labute approximate surface area is 166 Å². The highest BCUT2D eigenvalue weighted by Crippen LogP contribution is 2.28. The molecule has 0 unspecified atom stereocenters. The van der Waals surface area contributed by atoms with Gasteiger partial charge in [0.1, 0.15) is 6.33 Å². The number of amides is 1. The Balaban J connectivity index is 1.37. The van der Waals surface area contributed by atoms with E-state index in [1.165, 1.54) is 6.33 Å². The first-order valence-corrected chi connectivity index (χ1v) is 9.47. The lowest BCUT2D eigenvalue weighted by Crippen LogP contribution is -2.52. The van der Waals surface area contributed by atoms with Gasteiger partial charge in [0.25, 0.3) is 0 Å². The third kappa shape index (κ3) is 3.60. The number of anilines is 2. The number of esters is 1. The minimum atomic E-state index is -0.379. The molecule has 29 heavy (non-hydrogen) atoms. The summed E-state index contributed by atoms with van der Waals surface area (Å²) < 4.78 is 6.67. The number of carbonyl (C=O) groups excluding carboxylic acids is 2. The summed E-state index contributed by atoms with van der Waals surface area (Å²) in [4.78, 5) is 34.8. The summed E-state index contributed by atoms with van der Waals surface area (Å²) >= 11 is 0. The number of ether oxygens (including phenoxy) is 1. The van der Waals surface area contributed by atoms with Crippen LogP contribution in [0.25, 0.3) is 11.2 Å². The van der Waals surface area contributed by atoms with E-state index < -0.39 is 0 Å². The maximum absolute atomic E-state index is 12.5. The number of benzene rings is 1. The van der Waals surface area contributed by atoms with Crippen molar-refractivity contribution in [2.45, 2.75) is 20.4 Å². The van der Waals surface area contributed by atoms with E-state index in [9.17, 15) is 9.59 Å². The van der Waals surface area contributed by atoms with Gasteiger partial charge in [-0.05, 0) is 38.1 Å². The monoisotopic (exact) mass is 395 g/mol. The first-order valence-electron chi connectivity index (χ1n) is 9.47. The van der Waals surface area contributed by atoms with E-state index in [-0.39, 0.29) is 17.8 Å². The van der Waals surface area contributed by atoms with Crippen LogP contribution in [-0.4, -0.2) is 56.5 Å². The Hall–Kier alpha value is -3.56. The van der Waals surface area contributed by atoms with Gasteiger partial charge in [-0.1, -0.05) is 5.21 Å². The molecule has 10 heteroatoms. The van der Waals surface area contributed by atoms with Gasteiger partial charge in [0.05, 0.1) is 18.1 Å². The number of carbonyl (C=O) groups is 2. The second-order valence-corrected chi connectivity index (χ2v) is 6.66. The van der Waals surface area contributed by atoms with Crippen LogP contribution in [0.15, 0.2) is 30.6 Å². The molecule has 3 heterocycles. The van der Waals surface area contributed by atoms with Gasteiger partial charge in [-0.15, -0.1) is 5.10 Å². The molecule has 1 N–H and O–H groups in total. The van der Waals surface area contributed by atoms with Crippen LogP contribution in [0.5, 0.6) is 0 Å². The molecule has 0 spiro atoms. The van der Waals surface area contributed by atoms with Gasteiger partial charge < -0.3 is 15.0 Å². The van der Waals surface area contributed by atoms with Crippen LogP contribution < -0.4 is 10.2 Å². The van der Waals surface area contributed by atoms with E-state index in [1.54, 1.807) is 35.9 Å². The van der Waals surface area contributed by atoms with Crippen LogP contribution in [0.2, 0.25) is 0 Å². The number of aryl methyl sites for hydroxylation is 1. The zero-order chi connectivity index (χ0) is 20.4. The number of rotatable bonds is 6. The quantitative estimate of drug-likeness (QED) is 0.624. The summed E-state index contributed by atoms with van der Waals surface area (Å²) in [6.45, 7) is 5.80. The lowest BCUT2D eigenvalue weighted by Gasteiger charge is -2.38. The van der Waals surface area contributed by atoms with Crippen molar-refractivity contribution in [2.75, 3.05) is 29.9 Å². The molecule has 1 aliphatic heterocycles. The van der Waals surface area contributed by atoms with Crippen molar-refractivity contribution < 1.29 is 14.3 Å². The molecule has 0 aliphatic carbocycles. The summed E-state index contributed by atoms with van der Waals surface area (Å²) in [6, 6.07) is 6.65. The fraction of sp³-hybridized carbons (Fsp3) is 0.368. The largest absolute Gasteiger partial charge is 0.462 e. The lowest BCUT2D eigenvalue weighted by molar-refractivity contribution is -0.120. The number of nitrogens with zero attached hydrogens (tertiary/aromatic N) is 6. The molecule has 10 nitrogen and oxygen atoms in total. The molecule has 1 aliphatic rings. The third-order valence-corrected chi connectivity index (χ3v) is 4.80. The van der Waals surface area contributed by atoms with Crippen molar-refractivity contribution in [1.29, 1.82) is 0 Å². The molecule has 3 aromatic rings. The van der Waals surface area contributed by atoms with Crippen LogP contribution in [0, 0.1) is 5.92 Å². The maximum Gasteiger partial charge on any atom is 0.338 e. The fourth-order valence-corrected chi connectivity index (χ4v) is 3.19. The number of aromatic nitrogens is 5. The molecule has 0 radical (unpaired) electrons. The Kier molecular flexibility index (Phi) is 5.07. The summed E-state index contributed by atoms with van der Waals surface area (Å²) in [5.41, 5.74) is 2.42. The summed E-state index contributed by atoms with van der Waals surface area (Å²) in [5.74, 6) is 0.0762. The Morgan fingerprint density at radius 3 is 2.62 bits per heavy atom. The molecule has 2 aromatic heterocycles. The molecular weight excluding hydrogens is 374 g/mol. The van der Waals surface area contributed by atoms with Gasteiger partial charge in [0.15, 0.2) is 17.0 Å². The SMILES string of the molecule is CCOC(=O)c1ccc(NC(=O)C2CN(c3ncnc4c3nnn4CC)C2)cc1. The van der Waals surface area contributed by atoms with Crippen molar-refractivity contribution >= 4 is 34.5 Å². The molecule has 0 saturated carbocycles. The zero-order valence-electron chi connectivity index (χ0n) is 16.2. The molecule has 1 saturated heterocycles. The Bertz CT molecular complexity index is 1040. The van der Waals surface area contributed by atoms with Crippen LogP contribution in [0.4, 0.5) is 11.5 Å². The molecule has 1 fully saturated rings. The van der Waals surface area contributed by atoms with Gasteiger partial charge in [0, 0.05) is 25.3 Å². The topological polar surface area (TPSA) is 115 Å². The van der Waals surface area contributed by atoms with E-state index >= 15 is 0 Å². The average molecular weight is 395 g/mol. The summed E-state index contributed by atoms with van der Waals surface area (Å²) in [5, 5.41) is 11.1. The smallest absolute Gasteiger partial charge is 0.338 e. The predicted molar refractivity (Wildman–Crippen MR) is 106 cm³/mol. The van der Waals surface area contributed by atoms with Gasteiger partial charge in [-0.2, -0.15) is 0 Å². The predicted octanol–water partition coefficient (Wildman–Crippen LogP) is 1.49. The average Bonchev–Trinajstić information content (AvgIpc) is 3.11. The summed E-state index contributed by atoms with van der Waals surface area (Å²) in [7, 11) is 0. The number of nitrogens with one attached hydrogen (secondary N) is 1. The van der Waals surface area contributed by atoms with Crippen molar-refractivity contribution in [3.05, 3.63) is 36.2 Å². The van der Waals surface area contributed by atoms with Crippen LogP contribution in [0.1, 0.15) is 24.2 Å². The molecule has 0 bridgehead atoms. The van der Waals surface area contributed by atoms with Gasteiger partial charge in [-0.25, -0.2) is 19.4 Å². The minimum absolute atomic E-state index is 0.0763. The van der Waals surface area contributed by atoms with Crippen molar-refractivity contribution in [2.24, 2.45) is 5.92 Å². The molecular formula is C19H21N7O3. The molecule has 1 amide bonds. The normalized spacial score (nSPS) is 13.9. The second kappa shape index (κ2) is 7.82. The second-order valence-electron chi connectivity index (χ2n) is 6.66. The minimum Gasteiger partial charge on any atom is -0.462 e. The zero-order valence-corrected chi connectivity index (χ0v) is 16.2. The highest BCUT2D eigenvalue weighted by atomic mass is 16.5. The van der Waals surface area contributed by atoms with Crippen molar-refractivity contribution in [1.82, 2.24) is 25.0 Å². The fourth-order valence-electron chi connectivity index (χ4n) is 3.19. The van der Waals surface area contributed by atoms with Crippen LogP contribution >= 0.6 is 0 Å². The first kappa shape index (κ1) is 18.8. The third-order valence-electron chi connectivity index (χ3n) is 4.80. The Morgan fingerprint density at radius 2 is 1.93 bits per heavy atom. The van der Waals surface area contributed by atoms with Crippen LogP contribution in [0.3, 0.4) is 0 Å². The van der Waals surface area contributed by atoms with Gasteiger partial charge in [-0.3, -0.25) is 4.79 Å². The standard InChI is InChI=1S/C19H21N7O3/c1-3-26-17-15(23-24-26)16(20-11-21-17)25-9-13(10-25)18(27)22-14-7-5-12(6-8-14)19(28)29-4-2/h5-8,11,13H,3-4,9-10H2,1-2H3,(H,22,27). The highest BCUT2D eigenvalue weighted by molar-refractivity contribution is 5.96. The summed E-state index contributed by atoms with van der Waals surface area (Å²) in [6.07, 6.45) is 1.49. The van der Waals surface area contributed by atoms with Crippen LogP contribution in [-0.2, 0) is 16.1 Å². The number of hydrogen-bond acceptors (Lipinski definition) is 8. The van der Waals surface area contributed by atoms with Crippen molar-refractivity contribution in [3.63, 3.8) is 0 Å². The Morgan fingerprint density at radius 1 is 1.17 bits per heavy atom. The number of fused-ring (bicyclic) bond motifs is 1. The van der Waals surface area contributed by atoms with E-state index in [0.29, 0.717) is 54.5 Å². The maximum atomic E-state index is 12.5. The van der Waals surface area contributed by atoms with E-state index in [1.807, 2.05) is 11.8 Å². The van der Waals surface area contributed by atoms with Crippen molar-refractivity contribution in [3.8, 4) is 0 Å². The first-order chi connectivity index (χ1) is 14.1. The molecule has 1 aromatic carbocycles. The van der Waals surface area contributed by atoms with E-state index in [0.717, 1.165) is 0 Å². The molecule has 4 rings (SSSR count). The van der Waals surface area contributed by atoms with Gasteiger partial charge >= 0.3 is 5.97 Å². The lowest BCUT2D eigenvalue weighted by atomic mass is 9.99. The van der Waals surface area contributed by atoms with Gasteiger partial charge in [0.2, 0.25) is 5.91 Å². The van der Waals surface area contributed by atoms with E-state index in [4.69, 9.17) is 4.74 Å². The molecule has 150 valence electrons.